The van der Waals surface area contributed by atoms with Crippen LogP contribution in [0.5, 0.6) is 0 Å². The molecule has 25 heavy (non-hydrogen) atoms. The summed E-state index contributed by atoms with van der Waals surface area (Å²) < 4.78 is 2.98. The minimum atomic E-state index is -0.445. The molecule has 1 aromatic carbocycles. The van der Waals surface area contributed by atoms with Crippen LogP contribution in [0.25, 0.3) is 5.69 Å². The number of thiophene rings is 1. The van der Waals surface area contributed by atoms with Crippen LogP contribution >= 0.6 is 11.3 Å². The van der Waals surface area contributed by atoms with Crippen molar-refractivity contribution in [3.8, 4) is 5.69 Å². The highest BCUT2D eigenvalue weighted by Gasteiger charge is 2.15. The molecule has 0 fully saturated rings. The molecular formula is C18H20N4O2S. The summed E-state index contributed by atoms with van der Waals surface area (Å²) in [6, 6.07) is 9.79. The number of nitrogens with zero attached hydrogens (tertiary/aromatic N) is 3. The standard InChI is InChI=1S/C18H20N4O2S/c1-12-6-7-13(2)15(9-12)22-11-19-18(24)21(22)10-17(23)20-14(3)16-5-4-8-25-16/h4-9,11,14H,10H2,1-3H3,(H,20,23)/t14-/m0/s1. The highest BCUT2D eigenvalue weighted by molar-refractivity contribution is 7.10. The predicted molar refractivity (Wildman–Crippen MR) is 98.2 cm³/mol. The molecule has 1 N–H and O–H groups in total. The second-order valence-corrected chi connectivity index (χ2v) is 7.00. The van der Waals surface area contributed by atoms with Gasteiger partial charge in [-0.15, -0.1) is 11.3 Å². The van der Waals surface area contributed by atoms with Gasteiger partial charge in [-0.05, 0) is 49.4 Å². The lowest BCUT2D eigenvalue weighted by atomic mass is 10.1. The van der Waals surface area contributed by atoms with Crippen LogP contribution < -0.4 is 11.0 Å². The maximum absolute atomic E-state index is 12.4. The van der Waals surface area contributed by atoms with Gasteiger partial charge in [0.1, 0.15) is 12.9 Å². The molecule has 0 saturated carbocycles. The van der Waals surface area contributed by atoms with Crippen molar-refractivity contribution in [2.75, 3.05) is 0 Å². The molecular weight excluding hydrogens is 336 g/mol. The van der Waals surface area contributed by atoms with Crippen molar-refractivity contribution in [2.45, 2.75) is 33.4 Å². The first-order chi connectivity index (χ1) is 12.0. The Morgan fingerprint density at radius 1 is 1.32 bits per heavy atom. The molecule has 0 bridgehead atoms. The van der Waals surface area contributed by atoms with Crippen LogP contribution in [0.1, 0.15) is 29.0 Å². The molecule has 3 rings (SSSR count). The first kappa shape index (κ1) is 17.2. The molecule has 0 saturated heterocycles. The van der Waals surface area contributed by atoms with Crippen molar-refractivity contribution >= 4 is 17.2 Å². The van der Waals surface area contributed by atoms with Gasteiger partial charge in [0.2, 0.25) is 5.91 Å². The normalized spacial score (nSPS) is 12.1. The molecule has 0 spiro atoms. The van der Waals surface area contributed by atoms with Gasteiger partial charge in [0.05, 0.1) is 11.7 Å². The average molecular weight is 356 g/mol. The maximum atomic E-state index is 12.4. The van der Waals surface area contributed by atoms with Crippen molar-refractivity contribution in [3.05, 3.63) is 68.5 Å². The zero-order chi connectivity index (χ0) is 18.0. The topological polar surface area (TPSA) is 68.9 Å². The van der Waals surface area contributed by atoms with Crippen molar-refractivity contribution in [2.24, 2.45) is 0 Å². The highest BCUT2D eigenvalue weighted by atomic mass is 32.1. The lowest BCUT2D eigenvalue weighted by molar-refractivity contribution is -0.122. The molecule has 1 atom stereocenters. The number of amides is 1. The first-order valence-electron chi connectivity index (χ1n) is 8.00. The number of rotatable bonds is 5. The van der Waals surface area contributed by atoms with Gasteiger partial charge in [-0.1, -0.05) is 18.2 Å². The van der Waals surface area contributed by atoms with Gasteiger partial charge in [0, 0.05) is 4.88 Å². The van der Waals surface area contributed by atoms with Crippen molar-refractivity contribution < 1.29 is 4.79 Å². The van der Waals surface area contributed by atoms with E-state index in [-0.39, 0.29) is 18.5 Å². The summed E-state index contributed by atoms with van der Waals surface area (Å²) in [6.07, 6.45) is 1.46. The number of nitrogens with one attached hydrogen (secondary N) is 1. The number of carbonyl (C=O) groups is 1. The number of carbonyl (C=O) groups excluding carboxylic acids is 1. The molecule has 2 heterocycles. The van der Waals surface area contributed by atoms with Crippen LogP contribution in [-0.4, -0.2) is 20.3 Å². The Balaban J connectivity index is 1.84. The molecule has 0 aliphatic heterocycles. The van der Waals surface area contributed by atoms with E-state index >= 15 is 0 Å². The van der Waals surface area contributed by atoms with E-state index < -0.39 is 5.69 Å². The quantitative estimate of drug-likeness (QED) is 0.764. The van der Waals surface area contributed by atoms with Crippen LogP contribution in [0.3, 0.4) is 0 Å². The third-order valence-electron chi connectivity index (χ3n) is 4.01. The van der Waals surface area contributed by atoms with E-state index in [9.17, 15) is 9.59 Å². The Labute approximate surface area is 149 Å². The first-order valence-corrected chi connectivity index (χ1v) is 8.88. The van der Waals surface area contributed by atoms with Crippen molar-refractivity contribution in [1.29, 1.82) is 0 Å². The van der Waals surface area contributed by atoms with Gasteiger partial charge in [-0.25, -0.2) is 14.2 Å². The zero-order valence-corrected chi connectivity index (χ0v) is 15.2. The van der Waals surface area contributed by atoms with Gasteiger partial charge < -0.3 is 5.32 Å². The van der Waals surface area contributed by atoms with E-state index in [2.05, 4.69) is 10.3 Å². The zero-order valence-electron chi connectivity index (χ0n) is 14.4. The molecule has 6 nitrogen and oxygen atoms in total. The molecule has 3 aromatic rings. The highest BCUT2D eigenvalue weighted by Crippen LogP contribution is 2.18. The molecule has 7 heteroatoms. The Kier molecular flexibility index (Phi) is 4.85. The van der Waals surface area contributed by atoms with E-state index in [0.29, 0.717) is 0 Å². The Morgan fingerprint density at radius 2 is 2.12 bits per heavy atom. The number of hydrogen-bond acceptors (Lipinski definition) is 4. The Morgan fingerprint density at radius 3 is 2.84 bits per heavy atom. The summed E-state index contributed by atoms with van der Waals surface area (Å²) >= 11 is 1.59. The Hall–Kier alpha value is -2.67. The molecule has 0 unspecified atom stereocenters. The van der Waals surface area contributed by atoms with Crippen LogP contribution in [0.4, 0.5) is 0 Å². The van der Waals surface area contributed by atoms with Crippen molar-refractivity contribution in [1.82, 2.24) is 19.7 Å². The number of aromatic nitrogens is 3. The maximum Gasteiger partial charge on any atom is 0.364 e. The van der Waals surface area contributed by atoms with Gasteiger partial charge in [-0.2, -0.15) is 4.98 Å². The molecule has 1 amide bonds. The number of aryl methyl sites for hydroxylation is 2. The van der Waals surface area contributed by atoms with E-state index in [0.717, 1.165) is 21.7 Å². The summed E-state index contributed by atoms with van der Waals surface area (Å²) in [5.41, 5.74) is 2.47. The number of benzene rings is 1. The minimum absolute atomic E-state index is 0.0814. The summed E-state index contributed by atoms with van der Waals surface area (Å²) in [5, 5.41) is 4.89. The largest absolute Gasteiger partial charge is 0.364 e. The lowest BCUT2D eigenvalue weighted by Crippen LogP contribution is -2.35. The summed E-state index contributed by atoms with van der Waals surface area (Å²) in [5.74, 6) is -0.227. The Bertz CT molecular complexity index is 940. The average Bonchev–Trinajstić information content (AvgIpc) is 3.21. The predicted octanol–water partition coefficient (Wildman–Crippen LogP) is 2.59. The molecule has 2 aromatic heterocycles. The summed E-state index contributed by atoms with van der Waals surface area (Å²) in [7, 11) is 0. The van der Waals surface area contributed by atoms with Gasteiger partial charge >= 0.3 is 5.69 Å². The molecule has 0 aliphatic rings. The van der Waals surface area contributed by atoms with E-state index in [4.69, 9.17) is 0 Å². The third kappa shape index (κ3) is 3.71. The van der Waals surface area contributed by atoms with Gasteiger partial charge in [-0.3, -0.25) is 4.79 Å². The summed E-state index contributed by atoms with van der Waals surface area (Å²) in [4.78, 5) is 29.4. The fraction of sp³-hybridized carbons (Fsp3) is 0.278. The minimum Gasteiger partial charge on any atom is -0.347 e. The summed E-state index contributed by atoms with van der Waals surface area (Å²) in [6.45, 7) is 5.79. The van der Waals surface area contributed by atoms with Crippen LogP contribution in [0, 0.1) is 13.8 Å². The lowest BCUT2D eigenvalue weighted by Gasteiger charge is -2.15. The smallest absolute Gasteiger partial charge is 0.347 e. The fourth-order valence-electron chi connectivity index (χ4n) is 2.66. The van der Waals surface area contributed by atoms with E-state index in [1.165, 1.54) is 11.0 Å². The van der Waals surface area contributed by atoms with E-state index in [1.54, 1.807) is 16.0 Å². The molecule has 0 aliphatic carbocycles. The number of hydrogen-bond donors (Lipinski definition) is 1. The molecule has 0 radical (unpaired) electrons. The SMILES string of the molecule is Cc1ccc(C)c(-n2cnc(=O)n2CC(=O)N[C@@H](C)c2cccs2)c1. The van der Waals surface area contributed by atoms with Crippen LogP contribution in [0.2, 0.25) is 0 Å². The monoisotopic (exact) mass is 356 g/mol. The third-order valence-corrected chi connectivity index (χ3v) is 5.07. The second-order valence-electron chi connectivity index (χ2n) is 6.02. The van der Waals surface area contributed by atoms with Gasteiger partial charge in [0.15, 0.2) is 0 Å². The van der Waals surface area contributed by atoms with Crippen molar-refractivity contribution in [3.63, 3.8) is 0 Å². The second kappa shape index (κ2) is 7.06. The fourth-order valence-corrected chi connectivity index (χ4v) is 3.39. The van der Waals surface area contributed by atoms with E-state index in [1.807, 2.05) is 56.5 Å². The van der Waals surface area contributed by atoms with Crippen LogP contribution in [0.15, 0.2) is 46.8 Å². The van der Waals surface area contributed by atoms with Crippen LogP contribution in [-0.2, 0) is 11.3 Å². The molecule has 130 valence electrons. The van der Waals surface area contributed by atoms with Gasteiger partial charge in [0.25, 0.3) is 0 Å².